The van der Waals surface area contributed by atoms with Gasteiger partial charge in [-0.25, -0.2) is 8.78 Å². The number of nitrogens with zero attached hydrogens (tertiary/aromatic N) is 1. The summed E-state index contributed by atoms with van der Waals surface area (Å²) in [6.45, 7) is 7.74. The molecule has 1 fully saturated rings. The van der Waals surface area contributed by atoms with E-state index in [1.54, 1.807) is 0 Å². The summed E-state index contributed by atoms with van der Waals surface area (Å²) >= 11 is 5.84. The van der Waals surface area contributed by atoms with Gasteiger partial charge < -0.3 is 15.0 Å². The van der Waals surface area contributed by atoms with Gasteiger partial charge in [0, 0.05) is 36.1 Å². The van der Waals surface area contributed by atoms with Crippen LogP contribution in [0.2, 0.25) is 5.02 Å². The minimum absolute atomic E-state index is 0.0291. The third-order valence-electron chi connectivity index (χ3n) is 5.81. The molecule has 0 spiro atoms. The van der Waals surface area contributed by atoms with Crippen LogP contribution >= 0.6 is 11.6 Å². The van der Waals surface area contributed by atoms with Crippen molar-refractivity contribution in [1.29, 1.82) is 0 Å². The van der Waals surface area contributed by atoms with Crippen LogP contribution in [0.3, 0.4) is 0 Å². The van der Waals surface area contributed by atoms with Crippen LogP contribution in [-0.2, 0) is 0 Å². The zero-order chi connectivity index (χ0) is 20.5. The number of rotatable bonds is 6. The van der Waals surface area contributed by atoms with Crippen molar-refractivity contribution in [3.8, 4) is 16.9 Å². The van der Waals surface area contributed by atoms with Gasteiger partial charge in [0.1, 0.15) is 23.5 Å². The number of fused-ring (bicyclic) bond motifs is 3. The first-order valence-corrected chi connectivity index (χ1v) is 10.9. The lowest BCUT2D eigenvalue weighted by Crippen LogP contribution is -2.37. The first-order valence-electron chi connectivity index (χ1n) is 10.5. The van der Waals surface area contributed by atoms with Crippen LogP contribution in [0.5, 0.6) is 5.75 Å². The second-order valence-electron chi connectivity index (χ2n) is 7.90. The number of piperidine rings is 1. The third-order valence-corrected chi connectivity index (χ3v) is 6.03. The van der Waals surface area contributed by atoms with Gasteiger partial charge in [-0.3, -0.25) is 0 Å². The van der Waals surface area contributed by atoms with E-state index in [1.165, 1.54) is 12.1 Å². The molecule has 29 heavy (non-hydrogen) atoms. The van der Waals surface area contributed by atoms with Crippen molar-refractivity contribution in [3.05, 3.63) is 46.5 Å². The van der Waals surface area contributed by atoms with E-state index < -0.39 is 11.6 Å². The standard InChI is InChI=1S/C23H27ClF2N2O/c1-3-7-28(8-4-2)20-10-14(22-18(25)11-15(24)12-19(22)26)9-16-17-13-27-6-5-21(17)29-23(16)20/h9-12,17,21,27H,3-8,13H2,1-2H3. The summed E-state index contributed by atoms with van der Waals surface area (Å²) in [4.78, 5) is 2.28. The highest BCUT2D eigenvalue weighted by molar-refractivity contribution is 6.30. The molecule has 2 aromatic rings. The van der Waals surface area contributed by atoms with Crippen LogP contribution in [0.15, 0.2) is 24.3 Å². The Morgan fingerprint density at radius 3 is 2.45 bits per heavy atom. The molecule has 0 bridgehead atoms. The maximum Gasteiger partial charge on any atom is 0.146 e. The first kappa shape index (κ1) is 20.4. The van der Waals surface area contributed by atoms with E-state index in [2.05, 4.69) is 24.1 Å². The van der Waals surface area contributed by atoms with E-state index in [1.807, 2.05) is 12.1 Å². The van der Waals surface area contributed by atoms with Gasteiger partial charge in [0.2, 0.25) is 0 Å². The van der Waals surface area contributed by atoms with Crippen LogP contribution < -0.4 is 15.0 Å². The molecule has 2 atom stereocenters. The molecule has 1 N–H and O–H groups in total. The Kier molecular flexibility index (Phi) is 5.98. The predicted molar refractivity (Wildman–Crippen MR) is 114 cm³/mol. The topological polar surface area (TPSA) is 24.5 Å². The number of anilines is 1. The van der Waals surface area contributed by atoms with Gasteiger partial charge in [-0.2, -0.15) is 0 Å². The van der Waals surface area contributed by atoms with Gasteiger partial charge in [-0.1, -0.05) is 25.4 Å². The van der Waals surface area contributed by atoms with Crippen molar-refractivity contribution in [1.82, 2.24) is 5.32 Å². The average molecular weight is 421 g/mol. The Morgan fingerprint density at radius 1 is 1.10 bits per heavy atom. The molecule has 0 saturated carbocycles. The summed E-state index contributed by atoms with van der Waals surface area (Å²) in [5, 5.41) is 3.49. The molecule has 2 unspecified atom stereocenters. The molecule has 0 aliphatic carbocycles. The predicted octanol–water partition coefficient (Wildman–Crippen LogP) is 5.75. The molecule has 6 heteroatoms. The molecule has 2 aromatic carbocycles. The van der Waals surface area contributed by atoms with E-state index in [4.69, 9.17) is 16.3 Å². The fourth-order valence-corrected chi connectivity index (χ4v) is 4.76. The van der Waals surface area contributed by atoms with Gasteiger partial charge in [0.15, 0.2) is 0 Å². The molecule has 0 aromatic heterocycles. The lowest BCUT2D eigenvalue weighted by Gasteiger charge is -2.27. The molecule has 3 nitrogen and oxygen atoms in total. The first-order chi connectivity index (χ1) is 14.0. The van der Waals surface area contributed by atoms with E-state index in [9.17, 15) is 8.78 Å². The molecule has 4 rings (SSSR count). The Labute approximate surface area is 176 Å². The van der Waals surface area contributed by atoms with Crippen molar-refractivity contribution < 1.29 is 13.5 Å². The number of nitrogens with one attached hydrogen (secondary N) is 1. The molecule has 0 radical (unpaired) electrons. The van der Waals surface area contributed by atoms with Crippen molar-refractivity contribution in [3.63, 3.8) is 0 Å². The Morgan fingerprint density at radius 2 is 1.79 bits per heavy atom. The Hall–Kier alpha value is -1.85. The highest BCUT2D eigenvalue weighted by Crippen LogP contribution is 2.49. The minimum atomic E-state index is -0.643. The summed E-state index contributed by atoms with van der Waals surface area (Å²) in [6, 6.07) is 6.13. The monoisotopic (exact) mass is 420 g/mol. The maximum absolute atomic E-state index is 14.7. The van der Waals surface area contributed by atoms with Gasteiger partial charge in [0.25, 0.3) is 0 Å². The zero-order valence-corrected chi connectivity index (χ0v) is 17.7. The number of hydrogen-bond acceptors (Lipinski definition) is 3. The maximum atomic E-state index is 14.7. The second kappa shape index (κ2) is 8.49. The second-order valence-corrected chi connectivity index (χ2v) is 8.34. The Balaban J connectivity index is 1.89. The smallest absolute Gasteiger partial charge is 0.146 e. The minimum Gasteiger partial charge on any atom is -0.487 e. The van der Waals surface area contributed by atoms with Gasteiger partial charge in [-0.05, 0) is 55.6 Å². The van der Waals surface area contributed by atoms with Crippen LogP contribution in [0.4, 0.5) is 14.5 Å². The summed E-state index contributed by atoms with van der Waals surface area (Å²) in [7, 11) is 0. The molecule has 2 aliphatic rings. The molecule has 1 saturated heterocycles. The summed E-state index contributed by atoms with van der Waals surface area (Å²) in [5.41, 5.74) is 2.49. The van der Waals surface area contributed by atoms with Crippen molar-refractivity contribution in [2.24, 2.45) is 0 Å². The van der Waals surface area contributed by atoms with Crippen LogP contribution in [-0.4, -0.2) is 32.3 Å². The van der Waals surface area contributed by atoms with Gasteiger partial charge in [0.05, 0.1) is 11.3 Å². The molecule has 156 valence electrons. The normalized spacial score (nSPS) is 20.2. The van der Waals surface area contributed by atoms with E-state index in [-0.39, 0.29) is 22.6 Å². The number of benzene rings is 2. The zero-order valence-electron chi connectivity index (χ0n) is 16.9. The number of hydrogen-bond donors (Lipinski definition) is 1. The summed E-state index contributed by atoms with van der Waals surface area (Å²) in [5.74, 6) is -0.212. The number of ether oxygens (including phenoxy) is 1. The Bertz CT molecular complexity index is 876. The lowest BCUT2D eigenvalue weighted by molar-refractivity contribution is 0.172. The molecule has 0 amide bonds. The van der Waals surface area contributed by atoms with Gasteiger partial charge in [-0.15, -0.1) is 0 Å². The van der Waals surface area contributed by atoms with E-state index >= 15 is 0 Å². The largest absolute Gasteiger partial charge is 0.487 e. The van der Waals surface area contributed by atoms with Crippen LogP contribution in [0, 0.1) is 11.6 Å². The van der Waals surface area contributed by atoms with Crippen LogP contribution in [0.1, 0.15) is 44.6 Å². The molecular formula is C23H27ClF2N2O. The third kappa shape index (κ3) is 3.82. The quantitative estimate of drug-likeness (QED) is 0.644. The van der Waals surface area contributed by atoms with Crippen molar-refractivity contribution in [2.45, 2.75) is 45.1 Å². The summed E-state index contributed by atoms with van der Waals surface area (Å²) in [6.07, 6.45) is 3.01. The molecular weight excluding hydrogens is 394 g/mol. The van der Waals surface area contributed by atoms with Crippen LogP contribution in [0.25, 0.3) is 11.1 Å². The van der Waals surface area contributed by atoms with Crippen molar-refractivity contribution in [2.75, 3.05) is 31.1 Å². The van der Waals surface area contributed by atoms with E-state index in [0.29, 0.717) is 5.56 Å². The highest BCUT2D eigenvalue weighted by Gasteiger charge is 2.39. The SMILES string of the molecule is CCCN(CCC)c1cc(-c2c(F)cc(Cl)cc2F)cc2c1OC1CCNCC21. The van der Waals surface area contributed by atoms with Gasteiger partial charge >= 0.3 is 0 Å². The fourth-order valence-electron chi connectivity index (χ4n) is 4.57. The lowest BCUT2D eigenvalue weighted by atomic mass is 9.88. The summed E-state index contributed by atoms with van der Waals surface area (Å²) < 4.78 is 35.9. The van der Waals surface area contributed by atoms with E-state index in [0.717, 1.165) is 62.4 Å². The molecule has 2 aliphatic heterocycles. The van der Waals surface area contributed by atoms with Crippen molar-refractivity contribution >= 4 is 17.3 Å². The molecule has 2 heterocycles. The highest BCUT2D eigenvalue weighted by atomic mass is 35.5. The fraction of sp³-hybridized carbons (Fsp3) is 0.478. The average Bonchev–Trinajstić information content (AvgIpc) is 3.05. The number of halogens is 3.